The van der Waals surface area contributed by atoms with E-state index in [9.17, 15) is 26.8 Å². The fourth-order valence-electron chi connectivity index (χ4n) is 3.93. The van der Waals surface area contributed by atoms with Gasteiger partial charge in [0.05, 0.1) is 12.1 Å². The summed E-state index contributed by atoms with van der Waals surface area (Å²) in [6.45, 7) is 26.1. The van der Waals surface area contributed by atoms with Crippen molar-refractivity contribution in [1.82, 2.24) is 9.80 Å². The van der Waals surface area contributed by atoms with E-state index in [1.165, 1.54) is 24.3 Å². The van der Waals surface area contributed by atoms with Gasteiger partial charge in [-0.05, 0) is 68.5 Å². The van der Waals surface area contributed by atoms with E-state index in [1.54, 1.807) is 15.9 Å². The van der Waals surface area contributed by atoms with Crippen LogP contribution in [0, 0.1) is 0 Å². The molecule has 0 aliphatic rings. The molecule has 0 fully saturated rings. The third-order valence-corrected chi connectivity index (χ3v) is 6.70. The standard InChI is InChI=1S/C26H38N4O4S.C3H5F.C3H6.C2H6.C2H4.CH3F/c1-4-12-29(13-5-2)25(31)22-16-23(18-24(17-22)35(28,33)34)26(32)30(14-8-11-27)19-21-10-7-9-20(6-3)15-21;1-2-3-4;1-3-2;3*1-2/h7,9-10,15-18H,4-6,8,11-14,19,27H2,1-3H3,(H2,28,33,34);2H,1,3H2;3H,1H2,2H3;1-2H3;1-2H2;1H3. The van der Waals surface area contributed by atoms with Crippen LogP contribution in [0.5, 0.6) is 0 Å². The van der Waals surface area contributed by atoms with E-state index in [2.05, 4.69) is 33.2 Å². The summed E-state index contributed by atoms with van der Waals surface area (Å²) in [7, 11) is -3.64. The van der Waals surface area contributed by atoms with Gasteiger partial charge in [-0.3, -0.25) is 14.0 Å². The molecule has 2 rings (SSSR count). The molecule has 0 aliphatic carbocycles. The average molecular weight is 697 g/mol. The van der Waals surface area contributed by atoms with Crippen molar-refractivity contribution in [2.45, 2.75) is 78.7 Å². The van der Waals surface area contributed by atoms with Crippen molar-refractivity contribution in [2.24, 2.45) is 10.9 Å². The summed E-state index contributed by atoms with van der Waals surface area (Å²) in [6.07, 6.45) is 5.94. The molecule has 0 heterocycles. The van der Waals surface area contributed by atoms with Crippen LogP contribution in [0.25, 0.3) is 0 Å². The molecule has 0 saturated carbocycles. The van der Waals surface area contributed by atoms with E-state index in [0.717, 1.165) is 30.4 Å². The molecule has 0 aliphatic heterocycles. The number of hydrogen-bond donors (Lipinski definition) is 2. The molecule has 8 nitrogen and oxygen atoms in total. The fourth-order valence-corrected chi connectivity index (χ4v) is 4.52. The van der Waals surface area contributed by atoms with E-state index in [4.69, 9.17) is 10.9 Å². The van der Waals surface area contributed by atoms with Crippen LogP contribution in [-0.2, 0) is 23.0 Å². The van der Waals surface area contributed by atoms with Gasteiger partial charge in [0.1, 0.15) is 6.67 Å². The highest BCUT2D eigenvalue weighted by Gasteiger charge is 2.23. The number of nitrogens with two attached hydrogens (primary N) is 2. The number of carbonyl (C=O) groups is 2. The Morgan fingerprint density at radius 3 is 1.67 bits per heavy atom. The third kappa shape index (κ3) is 22.0. The van der Waals surface area contributed by atoms with Crippen molar-refractivity contribution in [3.63, 3.8) is 0 Å². The first kappa shape index (κ1) is 51.2. The maximum atomic E-state index is 13.6. The molecule has 0 saturated heterocycles. The number of aryl methyl sites for hydroxylation is 1. The Balaban J connectivity index is -0.000000648. The molecule has 2 amide bonds. The summed E-state index contributed by atoms with van der Waals surface area (Å²) in [6, 6.07) is 11.9. The fraction of sp³-hybridized carbons (Fsp3) is 0.459. The van der Waals surface area contributed by atoms with E-state index >= 15 is 0 Å². The van der Waals surface area contributed by atoms with Gasteiger partial charge in [0.15, 0.2) is 0 Å². The first-order chi connectivity index (χ1) is 23.0. The van der Waals surface area contributed by atoms with Gasteiger partial charge in [-0.25, -0.2) is 17.9 Å². The van der Waals surface area contributed by atoms with Gasteiger partial charge in [0.2, 0.25) is 10.0 Å². The van der Waals surface area contributed by atoms with Crippen LogP contribution in [0.4, 0.5) is 8.78 Å². The lowest BCUT2D eigenvalue weighted by Gasteiger charge is -2.25. The number of primary sulfonamides is 1. The van der Waals surface area contributed by atoms with Crippen molar-refractivity contribution in [3.8, 4) is 0 Å². The lowest BCUT2D eigenvalue weighted by atomic mass is 10.1. The van der Waals surface area contributed by atoms with Crippen LogP contribution in [0.15, 0.2) is 85.8 Å². The number of nitrogens with zero attached hydrogens (tertiary/aromatic N) is 2. The Labute approximate surface area is 290 Å². The first-order valence-electron chi connectivity index (χ1n) is 16.1. The van der Waals surface area contributed by atoms with E-state index in [-0.39, 0.29) is 27.8 Å². The molecule has 0 atom stereocenters. The Bertz CT molecular complexity index is 1250. The van der Waals surface area contributed by atoms with Crippen LogP contribution >= 0.6 is 0 Å². The summed E-state index contributed by atoms with van der Waals surface area (Å²) >= 11 is 0. The maximum Gasteiger partial charge on any atom is 0.254 e. The number of amides is 2. The first-order valence-corrected chi connectivity index (χ1v) is 17.7. The summed E-state index contributed by atoms with van der Waals surface area (Å²) in [5.74, 6) is -0.699. The quantitative estimate of drug-likeness (QED) is 0.194. The molecule has 0 aromatic heterocycles. The molecule has 274 valence electrons. The van der Waals surface area contributed by atoms with Gasteiger partial charge in [-0.2, -0.15) is 0 Å². The number of hydrogen-bond acceptors (Lipinski definition) is 5. The summed E-state index contributed by atoms with van der Waals surface area (Å²) in [5.41, 5.74) is 8.07. The molecule has 4 N–H and O–H groups in total. The number of sulfonamides is 1. The van der Waals surface area contributed by atoms with Gasteiger partial charge in [0, 0.05) is 37.3 Å². The number of alkyl halides is 2. The zero-order valence-corrected chi connectivity index (χ0v) is 31.3. The summed E-state index contributed by atoms with van der Waals surface area (Å²) in [4.78, 5) is 29.9. The molecule has 0 spiro atoms. The van der Waals surface area contributed by atoms with E-state index < -0.39 is 16.7 Å². The van der Waals surface area contributed by atoms with E-state index in [0.29, 0.717) is 46.3 Å². The Hall–Kier alpha value is -3.67. The molecular weight excluding hydrogens is 634 g/mol. The highest BCUT2D eigenvalue weighted by molar-refractivity contribution is 7.89. The Morgan fingerprint density at radius 2 is 1.29 bits per heavy atom. The lowest BCUT2D eigenvalue weighted by Crippen LogP contribution is -2.34. The number of carbonyl (C=O) groups excluding carboxylic acids is 2. The molecule has 48 heavy (non-hydrogen) atoms. The minimum Gasteiger partial charge on any atom is -0.339 e. The summed E-state index contributed by atoms with van der Waals surface area (Å²) in [5, 5.41) is 5.41. The van der Waals surface area contributed by atoms with E-state index in [1.807, 2.05) is 58.9 Å². The smallest absolute Gasteiger partial charge is 0.254 e. The maximum absolute atomic E-state index is 13.6. The van der Waals surface area contributed by atoms with Gasteiger partial charge in [-0.1, -0.05) is 71.0 Å². The van der Waals surface area contributed by atoms with Crippen LogP contribution in [0.2, 0.25) is 0 Å². The van der Waals surface area contributed by atoms with Crippen molar-refractivity contribution in [1.29, 1.82) is 0 Å². The highest BCUT2D eigenvalue weighted by Crippen LogP contribution is 2.20. The third-order valence-electron chi connectivity index (χ3n) is 5.80. The van der Waals surface area contributed by atoms with Crippen molar-refractivity contribution >= 4 is 21.8 Å². The number of benzene rings is 2. The molecule has 2 aromatic rings. The number of halogens is 2. The Kier molecular flexibility index (Phi) is 35.4. The second-order valence-corrected chi connectivity index (χ2v) is 11.0. The molecule has 11 heteroatoms. The molecule has 0 bridgehead atoms. The number of allylic oxidation sites excluding steroid dienone is 2. The van der Waals surface area contributed by atoms with Gasteiger partial charge in [0.25, 0.3) is 11.8 Å². The zero-order chi connectivity index (χ0) is 38.1. The van der Waals surface area contributed by atoms with Gasteiger partial charge >= 0.3 is 0 Å². The van der Waals surface area contributed by atoms with Crippen molar-refractivity contribution in [3.05, 3.63) is 103 Å². The van der Waals surface area contributed by atoms with Crippen LogP contribution in [0.3, 0.4) is 0 Å². The van der Waals surface area contributed by atoms with Crippen LogP contribution < -0.4 is 10.9 Å². The van der Waals surface area contributed by atoms with Gasteiger partial charge in [-0.15, -0.1) is 26.3 Å². The Morgan fingerprint density at radius 1 is 0.854 bits per heavy atom. The van der Waals surface area contributed by atoms with Crippen LogP contribution in [-0.4, -0.2) is 70.1 Å². The van der Waals surface area contributed by atoms with Crippen molar-refractivity contribution < 1.29 is 26.8 Å². The minimum absolute atomic E-state index is 0.108. The van der Waals surface area contributed by atoms with Crippen LogP contribution in [0.1, 0.15) is 92.6 Å². The van der Waals surface area contributed by atoms with Gasteiger partial charge < -0.3 is 15.5 Å². The predicted octanol–water partition coefficient (Wildman–Crippen LogP) is 7.90. The largest absolute Gasteiger partial charge is 0.339 e. The molecule has 0 radical (unpaired) electrons. The second-order valence-electron chi connectivity index (χ2n) is 9.48. The normalized spacial score (nSPS) is 9.40. The molecule has 2 aromatic carbocycles. The average Bonchev–Trinajstić information content (AvgIpc) is 3.11. The topological polar surface area (TPSA) is 127 Å². The second kappa shape index (κ2) is 33.2. The van der Waals surface area contributed by atoms with Crippen molar-refractivity contribution in [2.75, 3.05) is 40.0 Å². The molecular formula is C37H62F2N4O4S. The monoisotopic (exact) mass is 696 g/mol. The SMILES string of the molecule is C=C.C=CC.C=CCF.CC.CCCN(CCC)C(=O)c1cc(C(=O)N(CCCN)Cc2cccc(CC)c2)cc(S(N)(=O)=O)c1.CF. The summed E-state index contributed by atoms with van der Waals surface area (Å²) < 4.78 is 44.5. The number of rotatable bonds is 14. The minimum atomic E-state index is -4.14. The molecule has 0 unspecified atom stereocenters. The zero-order valence-electron chi connectivity index (χ0n) is 30.4. The lowest BCUT2D eigenvalue weighted by molar-refractivity contribution is 0.0741. The predicted molar refractivity (Wildman–Crippen MR) is 200 cm³/mol. The highest BCUT2D eigenvalue weighted by atomic mass is 32.2.